The third-order valence-electron chi connectivity index (χ3n) is 0.919. The van der Waals surface area contributed by atoms with Gasteiger partial charge in [0, 0.05) is 6.42 Å². The lowest BCUT2D eigenvalue weighted by atomic mass is 10.2. The van der Waals surface area contributed by atoms with Gasteiger partial charge in [-0.2, -0.15) is 13.2 Å². The SMILES string of the molecule is CC#CCC(N)C(F)(F)F. The summed E-state index contributed by atoms with van der Waals surface area (Å²) in [7, 11) is 0. The second-order valence-electron chi connectivity index (χ2n) is 1.78. The zero-order valence-corrected chi connectivity index (χ0v) is 5.50. The van der Waals surface area contributed by atoms with E-state index >= 15 is 0 Å². The summed E-state index contributed by atoms with van der Waals surface area (Å²) in [6.45, 7) is 1.48. The number of alkyl halides is 3. The van der Waals surface area contributed by atoms with E-state index in [2.05, 4.69) is 11.8 Å². The highest BCUT2D eigenvalue weighted by molar-refractivity contribution is 4.98. The van der Waals surface area contributed by atoms with E-state index in [4.69, 9.17) is 5.73 Å². The highest BCUT2D eigenvalue weighted by atomic mass is 19.4. The second kappa shape index (κ2) is 3.47. The Bertz CT molecular complexity index is 151. The predicted molar refractivity (Wildman–Crippen MR) is 32.1 cm³/mol. The number of rotatable bonds is 1. The van der Waals surface area contributed by atoms with Crippen molar-refractivity contribution in [2.24, 2.45) is 5.73 Å². The average Bonchev–Trinajstić information content (AvgIpc) is 1.80. The second-order valence-corrected chi connectivity index (χ2v) is 1.78. The maximum Gasteiger partial charge on any atom is 0.404 e. The van der Waals surface area contributed by atoms with Crippen LogP contribution in [0.2, 0.25) is 0 Å². The van der Waals surface area contributed by atoms with E-state index in [1.807, 2.05) is 0 Å². The Morgan fingerprint density at radius 1 is 1.50 bits per heavy atom. The topological polar surface area (TPSA) is 26.0 Å². The molecule has 58 valence electrons. The summed E-state index contributed by atoms with van der Waals surface area (Å²) in [5.41, 5.74) is 4.71. The molecule has 0 aromatic heterocycles. The minimum atomic E-state index is -4.32. The van der Waals surface area contributed by atoms with Gasteiger partial charge < -0.3 is 5.73 Å². The molecule has 4 heteroatoms. The molecular weight excluding hydrogens is 143 g/mol. The van der Waals surface area contributed by atoms with Crippen LogP contribution >= 0.6 is 0 Å². The third-order valence-corrected chi connectivity index (χ3v) is 0.919. The molecule has 0 heterocycles. The van der Waals surface area contributed by atoms with Crippen molar-refractivity contribution in [1.82, 2.24) is 0 Å². The quantitative estimate of drug-likeness (QED) is 0.561. The molecule has 0 radical (unpaired) electrons. The van der Waals surface area contributed by atoms with E-state index in [0.29, 0.717) is 0 Å². The van der Waals surface area contributed by atoms with Crippen LogP contribution in [0, 0.1) is 11.8 Å². The molecule has 10 heavy (non-hydrogen) atoms. The lowest BCUT2D eigenvalue weighted by Gasteiger charge is -2.11. The molecule has 0 bridgehead atoms. The molecule has 0 spiro atoms. The van der Waals surface area contributed by atoms with Crippen LogP contribution < -0.4 is 5.73 Å². The Morgan fingerprint density at radius 2 is 2.00 bits per heavy atom. The number of nitrogens with two attached hydrogens (primary N) is 1. The molecule has 0 aliphatic heterocycles. The van der Waals surface area contributed by atoms with E-state index in [1.54, 1.807) is 0 Å². The van der Waals surface area contributed by atoms with E-state index in [0.717, 1.165) is 0 Å². The molecular formula is C6H8F3N. The first-order chi connectivity index (χ1) is 4.48. The summed E-state index contributed by atoms with van der Waals surface area (Å²) < 4.78 is 34.7. The first-order valence-electron chi connectivity index (χ1n) is 2.70. The van der Waals surface area contributed by atoms with Crippen molar-refractivity contribution in [3.63, 3.8) is 0 Å². The van der Waals surface area contributed by atoms with Gasteiger partial charge >= 0.3 is 6.18 Å². The Hall–Kier alpha value is -0.690. The minimum absolute atomic E-state index is 0.319. The maximum atomic E-state index is 11.6. The predicted octanol–water partition coefficient (Wildman–Crippen LogP) is 1.29. The van der Waals surface area contributed by atoms with Crippen molar-refractivity contribution in [3.05, 3.63) is 0 Å². The van der Waals surface area contributed by atoms with Gasteiger partial charge in [0.2, 0.25) is 0 Å². The Kier molecular flexibility index (Phi) is 3.23. The Morgan fingerprint density at radius 3 is 2.30 bits per heavy atom. The van der Waals surface area contributed by atoms with Gasteiger partial charge in [0.05, 0.1) is 0 Å². The first kappa shape index (κ1) is 9.31. The average molecular weight is 151 g/mol. The van der Waals surface area contributed by atoms with E-state index in [1.165, 1.54) is 6.92 Å². The molecule has 0 fully saturated rings. The Labute approximate surface area is 57.4 Å². The summed E-state index contributed by atoms with van der Waals surface area (Å²) in [6, 6.07) is -1.81. The molecule has 0 saturated carbocycles. The van der Waals surface area contributed by atoms with Crippen LogP contribution in [0.4, 0.5) is 13.2 Å². The van der Waals surface area contributed by atoms with Crippen LogP contribution in [0.1, 0.15) is 13.3 Å². The fourth-order valence-electron chi connectivity index (χ4n) is 0.328. The van der Waals surface area contributed by atoms with Gasteiger partial charge in [-0.25, -0.2) is 0 Å². The summed E-state index contributed by atoms with van der Waals surface area (Å²) in [4.78, 5) is 0. The summed E-state index contributed by atoms with van der Waals surface area (Å²) in [6.07, 6.45) is -4.64. The largest absolute Gasteiger partial charge is 0.404 e. The molecule has 1 nitrogen and oxygen atoms in total. The lowest BCUT2D eigenvalue weighted by molar-refractivity contribution is -0.146. The van der Waals surface area contributed by atoms with Crippen LogP contribution in [-0.4, -0.2) is 12.2 Å². The fraction of sp³-hybridized carbons (Fsp3) is 0.667. The molecule has 0 aliphatic rings. The lowest BCUT2D eigenvalue weighted by Crippen LogP contribution is -2.36. The number of halogens is 3. The highest BCUT2D eigenvalue weighted by Gasteiger charge is 2.35. The molecule has 0 aliphatic carbocycles. The first-order valence-corrected chi connectivity index (χ1v) is 2.70. The summed E-state index contributed by atoms with van der Waals surface area (Å²) in [5.74, 6) is 4.60. The van der Waals surface area contributed by atoms with E-state index in [9.17, 15) is 13.2 Å². The van der Waals surface area contributed by atoms with Gasteiger partial charge in [0.15, 0.2) is 0 Å². The molecule has 2 N–H and O–H groups in total. The highest BCUT2D eigenvalue weighted by Crippen LogP contribution is 2.19. The van der Waals surface area contributed by atoms with Gasteiger partial charge in [-0.05, 0) is 6.92 Å². The van der Waals surface area contributed by atoms with Gasteiger partial charge in [-0.3, -0.25) is 0 Å². The summed E-state index contributed by atoms with van der Waals surface area (Å²) >= 11 is 0. The van der Waals surface area contributed by atoms with E-state index in [-0.39, 0.29) is 6.42 Å². The maximum absolute atomic E-state index is 11.6. The molecule has 1 unspecified atom stereocenters. The molecule has 0 saturated heterocycles. The van der Waals surface area contributed by atoms with Crippen LogP contribution in [0.25, 0.3) is 0 Å². The van der Waals surface area contributed by atoms with E-state index < -0.39 is 12.2 Å². The van der Waals surface area contributed by atoms with Crippen molar-refractivity contribution in [2.45, 2.75) is 25.6 Å². The van der Waals surface area contributed by atoms with Crippen LogP contribution in [0.15, 0.2) is 0 Å². The zero-order chi connectivity index (χ0) is 8.20. The van der Waals surface area contributed by atoms with Crippen molar-refractivity contribution in [3.8, 4) is 11.8 Å². The number of hydrogen-bond acceptors (Lipinski definition) is 1. The normalized spacial score (nSPS) is 13.7. The number of hydrogen-bond donors (Lipinski definition) is 1. The van der Waals surface area contributed by atoms with Crippen molar-refractivity contribution < 1.29 is 13.2 Å². The van der Waals surface area contributed by atoms with Crippen LogP contribution in [-0.2, 0) is 0 Å². The zero-order valence-electron chi connectivity index (χ0n) is 5.50. The van der Waals surface area contributed by atoms with Gasteiger partial charge in [0.1, 0.15) is 6.04 Å². The summed E-state index contributed by atoms with van der Waals surface area (Å²) in [5, 5.41) is 0. The third kappa shape index (κ3) is 3.36. The fourth-order valence-corrected chi connectivity index (χ4v) is 0.328. The van der Waals surface area contributed by atoms with Gasteiger partial charge in [-0.1, -0.05) is 0 Å². The molecule has 1 atom stereocenters. The standard InChI is InChI=1S/C6H8F3N/c1-2-3-4-5(10)6(7,8)9/h5H,4,10H2,1H3. The van der Waals surface area contributed by atoms with Crippen molar-refractivity contribution in [1.29, 1.82) is 0 Å². The van der Waals surface area contributed by atoms with Gasteiger partial charge in [-0.15, -0.1) is 11.8 Å². The molecule has 0 rings (SSSR count). The van der Waals surface area contributed by atoms with Crippen molar-refractivity contribution >= 4 is 0 Å². The smallest absolute Gasteiger partial charge is 0.319 e. The van der Waals surface area contributed by atoms with Crippen LogP contribution in [0.5, 0.6) is 0 Å². The van der Waals surface area contributed by atoms with Crippen LogP contribution in [0.3, 0.4) is 0 Å². The molecule has 0 aromatic carbocycles. The molecule has 0 aromatic rings. The van der Waals surface area contributed by atoms with Gasteiger partial charge in [0.25, 0.3) is 0 Å². The molecule has 0 amide bonds. The Balaban J connectivity index is 3.81. The monoisotopic (exact) mass is 151 g/mol. The minimum Gasteiger partial charge on any atom is -0.319 e. The van der Waals surface area contributed by atoms with Crippen molar-refractivity contribution in [2.75, 3.05) is 0 Å².